The molecule has 0 unspecified atom stereocenters. The number of nitrogens with zero attached hydrogens (tertiary/aromatic N) is 4. The Morgan fingerprint density at radius 1 is 1.32 bits per heavy atom. The maximum Gasteiger partial charge on any atom is 0.342 e. The molecule has 0 aliphatic carbocycles. The molecule has 0 amide bonds. The molecule has 0 spiro atoms. The fourth-order valence-electron chi connectivity index (χ4n) is 1.91. The number of nitro groups is 2. The van der Waals surface area contributed by atoms with Gasteiger partial charge in [-0.25, -0.2) is 9.55 Å². The van der Waals surface area contributed by atoms with Crippen LogP contribution in [0, 0.1) is 23.8 Å². The molecule has 0 saturated carbocycles. The molecule has 0 fully saturated rings. The van der Waals surface area contributed by atoms with Gasteiger partial charge in [0.25, 0.3) is 0 Å². The molecule has 116 valence electrons. The molecule has 22 heavy (non-hydrogen) atoms. The van der Waals surface area contributed by atoms with Crippen LogP contribution in [0.5, 0.6) is 5.75 Å². The van der Waals surface area contributed by atoms with Gasteiger partial charge in [-0.05, 0) is 46.6 Å². The third-order valence-corrected chi connectivity index (χ3v) is 3.57. The summed E-state index contributed by atoms with van der Waals surface area (Å²) in [4.78, 5) is 24.7. The van der Waals surface area contributed by atoms with Gasteiger partial charge in [0, 0.05) is 9.64 Å². The summed E-state index contributed by atoms with van der Waals surface area (Å²) in [5.41, 5.74) is -0.156. The number of aromatic nitrogens is 2. The van der Waals surface area contributed by atoms with Crippen molar-refractivity contribution in [2.24, 2.45) is 0 Å². The fraction of sp³-hybridized carbons (Fsp3) is 0.250. The standard InChI is InChI=1S/C12H11IN4O5/c1-2-15-11(14-6-12(15)17(20)21)7-22-10-4-3-8(13)5-9(10)16(18)19/h3-6H,2,7H2,1H3. The van der Waals surface area contributed by atoms with Crippen molar-refractivity contribution in [1.29, 1.82) is 0 Å². The Morgan fingerprint density at radius 2 is 2.05 bits per heavy atom. The lowest BCUT2D eigenvalue weighted by atomic mass is 10.3. The largest absolute Gasteiger partial charge is 0.476 e. The van der Waals surface area contributed by atoms with Gasteiger partial charge in [0.1, 0.15) is 6.20 Å². The van der Waals surface area contributed by atoms with E-state index in [9.17, 15) is 20.2 Å². The van der Waals surface area contributed by atoms with Crippen LogP contribution in [0.15, 0.2) is 24.4 Å². The van der Waals surface area contributed by atoms with Crippen LogP contribution in [0.4, 0.5) is 11.5 Å². The van der Waals surface area contributed by atoms with E-state index in [1.807, 2.05) is 22.6 Å². The van der Waals surface area contributed by atoms with E-state index < -0.39 is 9.85 Å². The van der Waals surface area contributed by atoms with Crippen LogP contribution in [0.1, 0.15) is 12.7 Å². The summed E-state index contributed by atoms with van der Waals surface area (Å²) in [5, 5.41) is 21.9. The minimum absolute atomic E-state index is 0.0941. The molecule has 1 heterocycles. The van der Waals surface area contributed by atoms with E-state index in [4.69, 9.17) is 4.74 Å². The van der Waals surface area contributed by atoms with Gasteiger partial charge in [-0.1, -0.05) is 0 Å². The van der Waals surface area contributed by atoms with Crippen molar-refractivity contribution in [1.82, 2.24) is 9.55 Å². The smallest absolute Gasteiger partial charge is 0.342 e. The number of benzene rings is 1. The first-order valence-corrected chi connectivity index (χ1v) is 7.27. The molecule has 0 N–H and O–H groups in total. The average Bonchev–Trinajstić information content (AvgIpc) is 2.88. The van der Waals surface area contributed by atoms with E-state index in [1.54, 1.807) is 13.0 Å². The van der Waals surface area contributed by atoms with E-state index >= 15 is 0 Å². The Bertz CT molecular complexity index is 730. The van der Waals surface area contributed by atoms with Crippen LogP contribution in [-0.2, 0) is 13.2 Å². The molecule has 10 heteroatoms. The highest BCUT2D eigenvalue weighted by atomic mass is 127. The second-order valence-electron chi connectivity index (χ2n) is 4.19. The monoisotopic (exact) mass is 418 g/mol. The van der Waals surface area contributed by atoms with Gasteiger partial charge in [-0.2, -0.15) is 0 Å². The molecule has 0 bridgehead atoms. The van der Waals surface area contributed by atoms with Crippen molar-refractivity contribution in [2.75, 3.05) is 0 Å². The third-order valence-electron chi connectivity index (χ3n) is 2.89. The van der Waals surface area contributed by atoms with E-state index in [-0.39, 0.29) is 23.9 Å². The minimum Gasteiger partial charge on any atom is -0.476 e. The Kier molecular flexibility index (Phi) is 4.90. The maximum atomic E-state index is 11.0. The molecule has 0 aliphatic rings. The first-order chi connectivity index (χ1) is 10.4. The molecule has 2 rings (SSSR count). The maximum absolute atomic E-state index is 11.0. The summed E-state index contributed by atoms with van der Waals surface area (Å²) in [6, 6.07) is 4.57. The zero-order chi connectivity index (χ0) is 16.3. The van der Waals surface area contributed by atoms with Gasteiger partial charge >= 0.3 is 11.5 Å². The Hall–Kier alpha value is -2.24. The summed E-state index contributed by atoms with van der Waals surface area (Å²) in [6.45, 7) is 2.00. The highest BCUT2D eigenvalue weighted by molar-refractivity contribution is 14.1. The van der Waals surface area contributed by atoms with Gasteiger partial charge in [0.2, 0.25) is 5.82 Å². The van der Waals surface area contributed by atoms with E-state index in [1.165, 1.54) is 16.7 Å². The number of nitro benzene ring substituents is 1. The molecular formula is C12H11IN4O5. The normalized spacial score (nSPS) is 10.5. The SMILES string of the molecule is CCn1c([N+](=O)[O-])cnc1COc1ccc(I)cc1[N+](=O)[O-]. The number of rotatable bonds is 6. The predicted octanol–water partition coefficient (Wildman–Crippen LogP) is 2.90. The zero-order valence-corrected chi connectivity index (χ0v) is 13.6. The zero-order valence-electron chi connectivity index (χ0n) is 11.4. The van der Waals surface area contributed by atoms with Crippen LogP contribution in [-0.4, -0.2) is 19.4 Å². The molecule has 0 atom stereocenters. The molecule has 2 aromatic rings. The molecule has 0 saturated heterocycles. The summed E-state index contributed by atoms with van der Waals surface area (Å²) in [6.07, 6.45) is 1.14. The van der Waals surface area contributed by atoms with Crippen molar-refractivity contribution in [3.8, 4) is 5.75 Å². The van der Waals surface area contributed by atoms with Crippen molar-refractivity contribution >= 4 is 34.1 Å². The quantitative estimate of drug-likeness (QED) is 0.405. The second kappa shape index (κ2) is 6.68. The van der Waals surface area contributed by atoms with Gasteiger partial charge < -0.3 is 14.9 Å². The first kappa shape index (κ1) is 16.1. The van der Waals surface area contributed by atoms with Crippen LogP contribution in [0.25, 0.3) is 0 Å². The highest BCUT2D eigenvalue weighted by Crippen LogP contribution is 2.29. The lowest BCUT2D eigenvalue weighted by Crippen LogP contribution is -2.09. The van der Waals surface area contributed by atoms with Crippen molar-refractivity contribution in [3.05, 3.63) is 54.0 Å². The van der Waals surface area contributed by atoms with Crippen LogP contribution < -0.4 is 4.74 Å². The molecule has 1 aromatic carbocycles. The lowest BCUT2D eigenvalue weighted by Gasteiger charge is -2.06. The fourth-order valence-corrected chi connectivity index (χ4v) is 2.38. The molecule has 0 aliphatic heterocycles. The highest BCUT2D eigenvalue weighted by Gasteiger charge is 2.21. The number of halogens is 1. The topological polar surface area (TPSA) is 113 Å². The van der Waals surface area contributed by atoms with E-state index in [2.05, 4.69) is 4.98 Å². The van der Waals surface area contributed by atoms with Crippen molar-refractivity contribution in [3.63, 3.8) is 0 Å². The summed E-state index contributed by atoms with van der Waals surface area (Å²) >= 11 is 1.97. The van der Waals surface area contributed by atoms with Gasteiger partial charge in [0.15, 0.2) is 12.4 Å². The minimum atomic E-state index is -0.535. The van der Waals surface area contributed by atoms with Crippen LogP contribution >= 0.6 is 22.6 Å². The predicted molar refractivity (Wildman–Crippen MR) is 84.7 cm³/mol. The lowest BCUT2D eigenvalue weighted by molar-refractivity contribution is -0.392. The molecular weight excluding hydrogens is 407 g/mol. The number of imidazole rings is 1. The number of hydrogen-bond donors (Lipinski definition) is 0. The Labute approximate surface area is 138 Å². The second-order valence-corrected chi connectivity index (χ2v) is 5.44. The van der Waals surface area contributed by atoms with E-state index in [0.29, 0.717) is 15.9 Å². The molecule has 0 radical (unpaired) electrons. The number of hydrogen-bond acceptors (Lipinski definition) is 6. The first-order valence-electron chi connectivity index (χ1n) is 6.19. The average molecular weight is 418 g/mol. The molecule has 1 aromatic heterocycles. The molecule has 9 nitrogen and oxygen atoms in total. The van der Waals surface area contributed by atoms with Crippen molar-refractivity contribution in [2.45, 2.75) is 20.1 Å². The summed E-state index contributed by atoms with van der Waals surface area (Å²) in [7, 11) is 0. The van der Waals surface area contributed by atoms with Crippen LogP contribution in [0.3, 0.4) is 0 Å². The number of ether oxygens (including phenoxy) is 1. The van der Waals surface area contributed by atoms with Crippen molar-refractivity contribution < 1.29 is 14.6 Å². The third kappa shape index (κ3) is 3.32. The van der Waals surface area contributed by atoms with E-state index in [0.717, 1.165) is 6.20 Å². The van der Waals surface area contributed by atoms with Gasteiger partial charge in [-0.15, -0.1) is 0 Å². The van der Waals surface area contributed by atoms with Gasteiger partial charge in [0.05, 0.1) is 11.5 Å². The Balaban J connectivity index is 2.24. The van der Waals surface area contributed by atoms with Gasteiger partial charge in [-0.3, -0.25) is 10.1 Å². The Morgan fingerprint density at radius 3 is 2.64 bits per heavy atom. The summed E-state index contributed by atoms with van der Waals surface area (Å²) < 4.78 is 7.52. The van der Waals surface area contributed by atoms with Crippen LogP contribution in [0.2, 0.25) is 0 Å². The summed E-state index contributed by atoms with van der Waals surface area (Å²) in [5.74, 6) is 0.291.